The number of ether oxygens (including phenoxy) is 1. The molecule has 3 aromatic rings. The normalized spacial score (nSPS) is 18.0. The molecule has 0 radical (unpaired) electrons. The zero-order chi connectivity index (χ0) is 28.5. The summed E-state index contributed by atoms with van der Waals surface area (Å²) in [7, 11) is 0. The Labute approximate surface area is 219 Å². The van der Waals surface area contributed by atoms with Crippen molar-refractivity contribution in [3.63, 3.8) is 0 Å². The van der Waals surface area contributed by atoms with Gasteiger partial charge in [-0.1, -0.05) is 24.3 Å². The Morgan fingerprint density at radius 3 is 2.44 bits per heavy atom. The minimum atomic E-state index is -4.92. The number of aromatic nitrogens is 1. The van der Waals surface area contributed by atoms with E-state index in [9.17, 15) is 32.3 Å². The van der Waals surface area contributed by atoms with E-state index < -0.39 is 54.0 Å². The highest BCUT2D eigenvalue weighted by atomic mass is 19.4. The van der Waals surface area contributed by atoms with Crippen molar-refractivity contribution in [2.45, 2.75) is 44.3 Å². The van der Waals surface area contributed by atoms with Crippen molar-refractivity contribution in [1.82, 2.24) is 9.47 Å². The Morgan fingerprint density at radius 2 is 1.77 bits per heavy atom. The van der Waals surface area contributed by atoms with Gasteiger partial charge in [-0.3, -0.25) is 14.2 Å². The fourth-order valence-electron chi connectivity index (χ4n) is 4.65. The van der Waals surface area contributed by atoms with Crippen LogP contribution >= 0.6 is 0 Å². The number of ketones is 1. The van der Waals surface area contributed by atoms with Crippen molar-refractivity contribution in [1.29, 1.82) is 0 Å². The standard InChI is InChI=1S/C25H25F3N6O5/c1-13(35)21(29)19-9-10-20(22(36)31-14-5-4-6-15(11-14)39-25(26,27)28)34(19)24(38)32-17-12-33(23(30)37)18-8-3-2-7-16(17)18/h2-8,11-12,19-21H,9-10,29H2,1H3,(H2,30,37)(H,31,36)(H,32,38)/t19-,20+,21?/m1/s1. The van der Waals surface area contributed by atoms with Crippen molar-refractivity contribution in [2.75, 3.05) is 10.6 Å². The van der Waals surface area contributed by atoms with Crippen LogP contribution in [0.4, 0.5) is 34.1 Å². The first kappa shape index (κ1) is 27.4. The molecule has 2 aromatic carbocycles. The second kappa shape index (κ2) is 10.6. The predicted octanol–water partition coefficient (Wildman–Crippen LogP) is 3.39. The number of hydrogen-bond donors (Lipinski definition) is 4. The number of rotatable bonds is 6. The molecule has 4 amide bonds. The third-order valence-corrected chi connectivity index (χ3v) is 6.38. The number of anilines is 2. The number of benzene rings is 2. The summed E-state index contributed by atoms with van der Waals surface area (Å²) >= 11 is 0. The molecule has 0 aliphatic carbocycles. The van der Waals surface area contributed by atoms with Crippen LogP contribution < -0.4 is 26.8 Å². The third kappa shape index (κ3) is 5.95. The molecular weight excluding hydrogens is 521 g/mol. The fraction of sp³-hybridized carbons (Fsp3) is 0.280. The largest absolute Gasteiger partial charge is 0.573 e. The molecule has 11 nitrogen and oxygen atoms in total. The number of alkyl halides is 3. The van der Waals surface area contributed by atoms with E-state index in [4.69, 9.17) is 11.5 Å². The van der Waals surface area contributed by atoms with E-state index in [1.165, 1.54) is 25.3 Å². The Kier molecular flexibility index (Phi) is 7.49. The summed E-state index contributed by atoms with van der Waals surface area (Å²) in [4.78, 5) is 51.9. The van der Waals surface area contributed by atoms with Gasteiger partial charge in [-0.2, -0.15) is 0 Å². The average Bonchev–Trinajstić information content (AvgIpc) is 3.45. The summed E-state index contributed by atoms with van der Waals surface area (Å²) in [6.07, 6.45) is -3.24. The number of fused-ring (bicyclic) bond motifs is 1. The van der Waals surface area contributed by atoms with Crippen molar-refractivity contribution in [3.05, 3.63) is 54.7 Å². The summed E-state index contributed by atoms with van der Waals surface area (Å²) in [6.45, 7) is 1.26. The van der Waals surface area contributed by atoms with Gasteiger partial charge in [0.25, 0.3) is 0 Å². The second-order valence-corrected chi connectivity index (χ2v) is 8.97. The molecule has 0 saturated carbocycles. The van der Waals surface area contributed by atoms with E-state index in [2.05, 4.69) is 15.4 Å². The molecule has 0 spiro atoms. The lowest BCUT2D eigenvalue weighted by atomic mass is 10.0. The zero-order valence-corrected chi connectivity index (χ0v) is 20.6. The lowest BCUT2D eigenvalue weighted by Crippen LogP contribution is -2.55. The van der Waals surface area contributed by atoms with Crippen LogP contribution in [0.3, 0.4) is 0 Å². The van der Waals surface area contributed by atoms with E-state index in [0.717, 1.165) is 21.6 Å². The van der Waals surface area contributed by atoms with Gasteiger partial charge in [-0.15, -0.1) is 13.2 Å². The molecule has 1 aliphatic heterocycles. The lowest BCUT2D eigenvalue weighted by Gasteiger charge is -2.32. The van der Waals surface area contributed by atoms with Crippen LogP contribution in [-0.4, -0.2) is 57.7 Å². The highest BCUT2D eigenvalue weighted by Gasteiger charge is 2.45. The minimum absolute atomic E-state index is 0.00551. The van der Waals surface area contributed by atoms with Gasteiger partial charge in [-0.05, 0) is 38.0 Å². The molecule has 1 aromatic heterocycles. The molecule has 0 bridgehead atoms. The molecule has 206 valence electrons. The molecule has 39 heavy (non-hydrogen) atoms. The molecule has 14 heteroatoms. The highest BCUT2D eigenvalue weighted by Crippen LogP contribution is 2.31. The summed E-state index contributed by atoms with van der Waals surface area (Å²) in [6, 6.07) is 6.76. The zero-order valence-electron chi connectivity index (χ0n) is 20.6. The van der Waals surface area contributed by atoms with Gasteiger partial charge in [0.1, 0.15) is 17.6 Å². The number of halogens is 3. The van der Waals surface area contributed by atoms with Crippen molar-refractivity contribution < 1.29 is 37.1 Å². The molecular formula is C25H25F3N6O5. The van der Waals surface area contributed by atoms with E-state index in [-0.39, 0.29) is 24.2 Å². The number of likely N-dealkylation sites (tertiary alicyclic amines) is 1. The van der Waals surface area contributed by atoms with Crippen LogP contribution in [0.5, 0.6) is 5.75 Å². The fourth-order valence-corrected chi connectivity index (χ4v) is 4.65. The molecule has 6 N–H and O–H groups in total. The number of nitrogens with two attached hydrogens (primary N) is 2. The third-order valence-electron chi connectivity index (χ3n) is 6.38. The lowest BCUT2D eigenvalue weighted by molar-refractivity contribution is -0.274. The van der Waals surface area contributed by atoms with Crippen LogP contribution in [0.1, 0.15) is 19.8 Å². The maximum atomic E-state index is 13.6. The quantitative estimate of drug-likeness (QED) is 0.371. The van der Waals surface area contributed by atoms with Gasteiger partial charge in [0.2, 0.25) is 5.91 Å². The number of Topliss-reactive ketones (excluding diaryl/α,β-unsaturated/α-hetero) is 1. The Balaban J connectivity index is 1.61. The first-order valence-electron chi connectivity index (χ1n) is 11.8. The summed E-state index contributed by atoms with van der Waals surface area (Å²) in [5, 5.41) is 5.67. The summed E-state index contributed by atoms with van der Waals surface area (Å²) < 4.78 is 42.8. The van der Waals surface area contributed by atoms with Crippen LogP contribution in [-0.2, 0) is 9.59 Å². The van der Waals surface area contributed by atoms with Gasteiger partial charge < -0.3 is 31.7 Å². The molecule has 3 atom stereocenters. The van der Waals surface area contributed by atoms with Crippen molar-refractivity contribution >= 4 is 46.0 Å². The van der Waals surface area contributed by atoms with Gasteiger partial charge in [0.15, 0.2) is 0 Å². The number of amides is 4. The average molecular weight is 547 g/mol. The maximum Gasteiger partial charge on any atom is 0.573 e. The number of para-hydroxylation sites is 1. The molecule has 1 unspecified atom stereocenters. The topological polar surface area (TPSA) is 162 Å². The van der Waals surface area contributed by atoms with Crippen LogP contribution in [0.15, 0.2) is 54.7 Å². The predicted molar refractivity (Wildman–Crippen MR) is 135 cm³/mol. The SMILES string of the molecule is CC(=O)C(N)[C@H]1CC[C@@H](C(=O)Nc2cccc(OC(F)(F)F)c2)N1C(=O)Nc1cn(C(N)=O)c2ccccc12. The summed E-state index contributed by atoms with van der Waals surface area (Å²) in [5.74, 6) is -1.64. The van der Waals surface area contributed by atoms with Gasteiger partial charge in [0, 0.05) is 23.3 Å². The molecule has 4 rings (SSSR count). The second-order valence-electron chi connectivity index (χ2n) is 8.97. The first-order valence-corrected chi connectivity index (χ1v) is 11.8. The first-order chi connectivity index (χ1) is 18.4. The van der Waals surface area contributed by atoms with E-state index in [0.29, 0.717) is 10.9 Å². The monoisotopic (exact) mass is 546 g/mol. The minimum Gasteiger partial charge on any atom is -0.406 e. The van der Waals surface area contributed by atoms with Gasteiger partial charge >= 0.3 is 18.4 Å². The molecule has 1 aliphatic rings. The van der Waals surface area contributed by atoms with E-state index in [1.54, 1.807) is 24.3 Å². The Bertz CT molecular complexity index is 1440. The molecule has 1 saturated heterocycles. The maximum absolute atomic E-state index is 13.6. The number of urea groups is 1. The molecule has 1 fully saturated rings. The van der Waals surface area contributed by atoms with Crippen LogP contribution in [0.2, 0.25) is 0 Å². The number of carbonyl (C=O) groups excluding carboxylic acids is 4. The molecule has 2 heterocycles. The number of nitrogens with one attached hydrogen (secondary N) is 2. The number of primary amides is 1. The van der Waals surface area contributed by atoms with E-state index >= 15 is 0 Å². The Hall–Kier alpha value is -4.59. The van der Waals surface area contributed by atoms with Gasteiger partial charge in [0.05, 0.1) is 23.3 Å². The van der Waals surface area contributed by atoms with Gasteiger partial charge in [-0.25, -0.2) is 9.59 Å². The number of hydrogen-bond acceptors (Lipinski definition) is 6. The van der Waals surface area contributed by atoms with Crippen LogP contribution in [0.25, 0.3) is 10.9 Å². The van der Waals surface area contributed by atoms with Crippen molar-refractivity contribution in [2.24, 2.45) is 11.5 Å². The highest BCUT2D eigenvalue weighted by molar-refractivity contribution is 6.06. The number of nitrogens with zero attached hydrogens (tertiary/aromatic N) is 2. The smallest absolute Gasteiger partial charge is 0.406 e. The number of carbonyl (C=O) groups is 4. The summed E-state index contributed by atoms with van der Waals surface area (Å²) in [5.41, 5.74) is 12.2. The Morgan fingerprint density at radius 1 is 1.05 bits per heavy atom. The van der Waals surface area contributed by atoms with E-state index in [1.807, 2.05) is 0 Å². The van der Waals surface area contributed by atoms with Crippen molar-refractivity contribution in [3.8, 4) is 5.75 Å². The van der Waals surface area contributed by atoms with Crippen LogP contribution in [0, 0.1) is 0 Å².